The number of thiazole rings is 1. The number of carbonyl (C=O) groups excluding carboxylic acids is 3. The van der Waals surface area contributed by atoms with Crippen molar-refractivity contribution in [2.45, 2.75) is 38.8 Å². The fourth-order valence-electron chi connectivity index (χ4n) is 4.43. The van der Waals surface area contributed by atoms with E-state index in [0.717, 1.165) is 22.9 Å². The van der Waals surface area contributed by atoms with Gasteiger partial charge in [-0.1, -0.05) is 30.2 Å². The molecule has 2 aliphatic heterocycles. The molecule has 3 amide bonds. The SMILES string of the molecule is CC1CCCCN1Cc1cnc(NC(=O)c2ccc3c(c2)C(=O)N(c2ccccc2Cl)C3=O)s1. The Labute approximate surface area is 206 Å². The monoisotopic (exact) mass is 494 g/mol. The summed E-state index contributed by atoms with van der Waals surface area (Å²) in [6, 6.07) is 11.7. The molecule has 0 bridgehead atoms. The van der Waals surface area contributed by atoms with Crippen molar-refractivity contribution in [2.75, 3.05) is 16.8 Å². The van der Waals surface area contributed by atoms with Crippen molar-refractivity contribution in [1.29, 1.82) is 0 Å². The van der Waals surface area contributed by atoms with Crippen molar-refractivity contribution in [3.8, 4) is 0 Å². The van der Waals surface area contributed by atoms with E-state index in [1.54, 1.807) is 36.5 Å². The second-order valence-corrected chi connectivity index (χ2v) is 10.1. The average molecular weight is 495 g/mol. The Kier molecular flexibility index (Phi) is 6.20. The van der Waals surface area contributed by atoms with Crippen LogP contribution in [0.1, 0.15) is 62.1 Å². The van der Waals surface area contributed by atoms with E-state index in [1.165, 1.54) is 42.7 Å². The molecule has 1 fully saturated rings. The van der Waals surface area contributed by atoms with E-state index in [0.29, 0.717) is 21.9 Å². The number of rotatable bonds is 5. The molecule has 9 heteroatoms. The second-order valence-electron chi connectivity index (χ2n) is 8.56. The molecule has 0 aliphatic carbocycles. The summed E-state index contributed by atoms with van der Waals surface area (Å²) in [6.07, 6.45) is 5.48. The number of fused-ring (bicyclic) bond motifs is 1. The first kappa shape index (κ1) is 22.7. The topological polar surface area (TPSA) is 82.6 Å². The van der Waals surface area contributed by atoms with Gasteiger partial charge in [0.25, 0.3) is 17.7 Å². The van der Waals surface area contributed by atoms with Gasteiger partial charge < -0.3 is 0 Å². The van der Waals surface area contributed by atoms with Gasteiger partial charge in [-0.15, -0.1) is 11.3 Å². The largest absolute Gasteiger partial charge is 0.298 e. The van der Waals surface area contributed by atoms with Crippen LogP contribution < -0.4 is 10.2 Å². The lowest BCUT2D eigenvalue weighted by molar-refractivity contribution is 0.0925. The van der Waals surface area contributed by atoms with Crippen LogP contribution in [0, 0.1) is 0 Å². The van der Waals surface area contributed by atoms with Crippen LogP contribution in [-0.4, -0.2) is 40.2 Å². The first-order valence-electron chi connectivity index (χ1n) is 11.2. The Bertz CT molecular complexity index is 1290. The molecule has 0 spiro atoms. The van der Waals surface area contributed by atoms with Gasteiger partial charge in [-0.25, -0.2) is 9.88 Å². The summed E-state index contributed by atoms with van der Waals surface area (Å²) in [5.41, 5.74) is 1.02. The minimum atomic E-state index is -0.505. The normalized spacial score (nSPS) is 18.3. The summed E-state index contributed by atoms with van der Waals surface area (Å²) in [4.78, 5) is 47.7. The summed E-state index contributed by atoms with van der Waals surface area (Å²) in [6.45, 7) is 4.14. The molecule has 1 aromatic heterocycles. The quantitative estimate of drug-likeness (QED) is 0.491. The molecule has 1 unspecified atom stereocenters. The Hall–Kier alpha value is -3.07. The van der Waals surface area contributed by atoms with Gasteiger partial charge in [0.2, 0.25) is 0 Å². The van der Waals surface area contributed by atoms with Gasteiger partial charge in [0.15, 0.2) is 5.13 Å². The number of aromatic nitrogens is 1. The third-order valence-electron chi connectivity index (χ3n) is 6.32. The van der Waals surface area contributed by atoms with Crippen molar-refractivity contribution in [1.82, 2.24) is 9.88 Å². The lowest BCUT2D eigenvalue weighted by Gasteiger charge is -2.32. The third kappa shape index (κ3) is 4.24. The van der Waals surface area contributed by atoms with Crippen LogP contribution in [0.4, 0.5) is 10.8 Å². The van der Waals surface area contributed by atoms with Crippen LogP contribution in [-0.2, 0) is 6.54 Å². The van der Waals surface area contributed by atoms with Gasteiger partial charge in [-0.05, 0) is 56.6 Å². The molecule has 1 atom stereocenters. The van der Waals surface area contributed by atoms with Gasteiger partial charge in [0, 0.05) is 29.2 Å². The van der Waals surface area contributed by atoms with Gasteiger partial charge in [-0.2, -0.15) is 0 Å². The first-order valence-corrected chi connectivity index (χ1v) is 12.4. The lowest BCUT2D eigenvalue weighted by Crippen LogP contribution is -2.36. The van der Waals surface area contributed by atoms with Gasteiger partial charge >= 0.3 is 0 Å². The Morgan fingerprint density at radius 1 is 1.15 bits per heavy atom. The Morgan fingerprint density at radius 3 is 2.74 bits per heavy atom. The predicted octanol–water partition coefficient (Wildman–Crippen LogP) is 5.22. The zero-order valence-corrected chi connectivity index (χ0v) is 20.2. The van der Waals surface area contributed by atoms with Crippen LogP contribution >= 0.6 is 22.9 Å². The van der Waals surface area contributed by atoms with Crippen LogP contribution in [0.2, 0.25) is 5.02 Å². The lowest BCUT2D eigenvalue weighted by atomic mass is 10.0. The zero-order valence-electron chi connectivity index (χ0n) is 18.6. The van der Waals surface area contributed by atoms with Crippen molar-refractivity contribution < 1.29 is 14.4 Å². The molecule has 3 heterocycles. The maximum atomic E-state index is 13.0. The fourth-order valence-corrected chi connectivity index (χ4v) is 5.49. The number of amides is 3. The van der Waals surface area contributed by atoms with Crippen molar-refractivity contribution in [3.63, 3.8) is 0 Å². The van der Waals surface area contributed by atoms with Crippen molar-refractivity contribution in [3.05, 3.63) is 75.3 Å². The number of benzene rings is 2. The van der Waals surface area contributed by atoms with E-state index in [-0.39, 0.29) is 22.6 Å². The minimum Gasteiger partial charge on any atom is -0.298 e. The number of hydrogen-bond donors (Lipinski definition) is 1. The maximum Gasteiger partial charge on any atom is 0.266 e. The van der Waals surface area contributed by atoms with E-state index >= 15 is 0 Å². The number of piperidine rings is 1. The molecule has 0 saturated carbocycles. The average Bonchev–Trinajstić information content (AvgIpc) is 3.37. The molecule has 2 aliphatic rings. The number of hydrogen-bond acceptors (Lipinski definition) is 6. The first-order chi connectivity index (χ1) is 16.4. The molecule has 1 N–H and O–H groups in total. The van der Waals surface area contributed by atoms with Crippen molar-refractivity contribution in [2.24, 2.45) is 0 Å². The fraction of sp³-hybridized carbons (Fsp3) is 0.280. The number of likely N-dealkylation sites (tertiary alicyclic amines) is 1. The Morgan fingerprint density at radius 2 is 1.94 bits per heavy atom. The molecule has 174 valence electrons. The molecule has 0 radical (unpaired) electrons. The van der Waals surface area contributed by atoms with Crippen LogP contribution in [0.25, 0.3) is 0 Å². The molecule has 3 aromatic rings. The molecule has 2 aromatic carbocycles. The summed E-state index contributed by atoms with van der Waals surface area (Å²) in [5, 5.41) is 3.62. The number of halogens is 1. The smallest absolute Gasteiger partial charge is 0.266 e. The standard InChI is InChI=1S/C25H23ClN4O3S/c1-15-6-4-5-11-29(15)14-17-13-27-25(34-17)28-22(31)16-9-10-18-19(12-16)24(33)30(23(18)32)21-8-3-2-7-20(21)26/h2-3,7-10,12-13,15H,4-6,11,14H2,1H3,(H,27,28,31). The van der Waals surface area contributed by atoms with E-state index in [1.807, 2.05) is 0 Å². The van der Waals surface area contributed by atoms with Gasteiger partial charge in [-0.3, -0.25) is 24.6 Å². The predicted molar refractivity (Wildman–Crippen MR) is 133 cm³/mol. The summed E-state index contributed by atoms with van der Waals surface area (Å²) < 4.78 is 0. The van der Waals surface area contributed by atoms with E-state index < -0.39 is 11.8 Å². The highest BCUT2D eigenvalue weighted by Crippen LogP contribution is 2.33. The number of nitrogens with one attached hydrogen (secondary N) is 1. The zero-order chi connectivity index (χ0) is 23.8. The highest BCUT2D eigenvalue weighted by atomic mass is 35.5. The molecule has 5 rings (SSSR count). The summed E-state index contributed by atoms with van der Waals surface area (Å²) in [7, 11) is 0. The number of carbonyl (C=O) groups is 3. The molecule has 1 saturated heterocycles. The third-order valence-corrected chi connectivity index (χ3v) is 7.53. The number of anilines is 2. The van der Waals surface area contributed by atoms with Gasteiger partial charge in [0.1, 0.15) is 0 Å². The Balaban J connectivity index is 1.31. The second kappa shape index (κ2) is 9.29. The number of nitrogens with zero attached hydrogens (tertiary/aromatic N) is 3. The highest BCUT2D eigenvalue weighted by Gasteiger charge is 2.38. The van der Waals surface area contributed by atoms with Crippen LogP contribution in [0.3, 0.4) is 0 Å². The molecule has 7 nitrogen and oxygen atoms in total. The summed E-state index contributed by atoms with van der Waals surface area (Å²) >= 11 is 7.65. The minimum absolute atomic E-state index is 0.177. The van der Waals surface area contributed by atoms with E-state index in [2.05, 4.69) is 22.1 Å². The molecule has 34 heavy (non-hydrogen) atoms. The van der Waals surface area contributed by atoms with Crippen molar-refractivity contribution >= 4 is 51.5 Å². The number of imide groups is 1. The summed E-state index contributed by atoms with van der Waals surface area (Å²) in [5.74, 6) is -1.35. The van der Waals surface area contributed by atoms with E-state index in [9.17, 15) is 14.4 Å². The van der Waals surface area contributed by atoms with Gasteiger partial charge in [0.05, 0.1) is 21.8 Å². The highest BCUT2D eigenvalue weighted by molar-refractivity contribution is 7.15. The molecular weight excluding hydrogens is 472 g/mol. The number of para-hydroxylation sites is 1. The molecular formula is C25H23ClN4O3S. The maximum absolute atomic E-state index is 13.0. The van der Waals surface area contributed by atoms with Crippen LogP contribution in [0.15, 0.2) is 48.7 Å². The van der Waals surface area contributed by atoms with Crippen LogP contribution in [0.5, 0.6) is 0 Å². The van der Waals surface area contributed by atoms with E-state index in [4.69, 9.17) is 11.6 Å².